The van der Waals surface area contributed by atoms with Crippen molar-refractivity contribution in [2.75, 3.05) is 0 Å². The fourth-order valence-corrected chi connectivity index (χ4v) is 3.98. The van der Waals surface area contributed by atoms with E-state index in [-0.39, 0.29) is 5.76 Å². The summed E-state index contributed by atoms with van der Waals surface area (Å²) in [6, 6.07) is 8.26. The molecule has 1 aromatic carbocycles. The molecule has 166 valence electrons. The number of aliphatic hydroxyl groups is 2. The van der Waals surface area contributed by atoms with Crippen molar-refractivity contribution < 1.29 is 10.2 Å². The molecule has 31 heavy (non-hydrogen) atoms. The number of unbranched alkanes of at least 4 members (excludes halogenated alkanes) is 3. The first-order chi connectivity index (χ1) is 15.0. The molecule has 0 saturated carbocycles. The molecule has 2 aromatic heterocycles. The average Bonchev–Trinajstić information content (AvgIpc) is 3.32. The second-order valence-electron chi connectivity index (χ2n) is 7.81. The maximum Gasteiger partial charge on any atom is 0.200 e. The highest BCUT2D eigenvalue weighted by molar-refractivity contribution is 7.71. The SMILES string of the molecule is CCC/C=C(\C(O)=C/[C@H](C)O)c1n[nH]c(=S)n1-c1cccc2c1ccn2CCCCC. The lowest BCUT2D eigenvalue weighted by Crippen LogP contribution is -2.05. The highest BCUT2D eigenvalue weighted by atomic mass is 32.1. The van der Waals surface area contributed by atoms with Gasteiger partial charge in [0.1, 0.15) is 5.76 Å². The number of aromatic nitrogens is 4. The van der Waals surface area contributed by atoms with E-state index in [1.165, 1.54) is 18.9 Å². The monoisotopic (exact) mass is 440 g/mol. The van der Waals surface area contributed by atoms with Gasteiger partial charge in [-0.1, -0.05) is 45.3 Å². The number of aryl methyl sites for hydroxylation is 1. The van der Waals surface area contributed by atoms with Gasteiger partial charge in [-0.15, -0.1) is 0 Å². The predicted octanol–water partition coefficient (Wildman–Crippen LogP) is 6.08. The maximum absolute atomic E-state index is 10.7. The Morgan fingerprint density at radius 3 is 2.74 bits per heavy atom. The summed E-state index contributed by atoms with van der Waals surface area (Å²) >= 11 is 5.58. The topological polar surface area (TPSA) is 79.0 Å². The van der Waals surface area contributed by atoms with Gasteiger partial charge in [-0.3, -0.25) is 9.67 Å². The molecule has 0 amide bonds. The normalized spacial score (nSPS) is 13.8. The fourth-order valence-electron chi connectivity index (χ4n) is 3.75. The molecule has 0 saturated heterocycles. The Labute approximate surface area is 188 Å². The molecular weight excluding hydrogens is 408 g/mol. The number of aliphatic hydroxyl groups excluding tert-OH is 2. The van der Waals surface area contributed by atoms with Crippen LogP contribution in [0.15, 0.2) is 48.4 Å². The van der Waals surface area contributed by atoms with Crippen LogP contribution in [0.5, 0.6) is 0 Å². The smallest absolute Gasteiger partial charge is 0.200 e. The molecule has 0 aliphatic heterocycles. The molecule has 0 aliphatic carbocycles. The van der Waals surface area contributed by atoms with Gasteiger partial charge in [-0.2, -0.15) is 5.10 Å². The molecule has 0 fully saturated rings. The quantitative estimate of drug-likeness (QED) is 0.154. The van der Waals surface area contributed by atoms with E-state index in [1.807, 2.05) is 22.8 Å². The second kappa shape index (κ2) is 10.6. The van der Waals surface area contributed by atoms with Gasteiger partial charge in [0, 0.05) is 18.1 Å². The Hall–Kier alpha value is -2.64. The van der Waals surface area contributed by atoms with Gasteiger partial charge in [-0.05, 0) is 56.3 Å². The summed E-state index contributed by atoms with van der Waals surface area (Å²) in [4.78, 5) is 0. The van der Waals surface area contributed by atoms with Crippen LogP contribution in [0.1, 0.15) is 58.7 Å². The molecule has 1 atom stereocenters. The molecule has 0 unspecified atom stereocenters. The largest absolute Gasteiger partial charge is 0.507 e. The third-order valence-electron chi connectivity index (χ3n) is 5.26. The molecule has 7 heteroatoms. The number of allylic oxidation sites excluding steroid dienone is 2. The van der Waals surface area contributed by atoms with Crippen molar-refractivity contribution in [2.24, 2.45) is 0 Å². The average molecular weight is 441 g/mol. The molecule has 0 spiro atoms. The number of fused-ring (bicyclic) bond motifs is 1. The minimum Gasteiger partial charge on any atom is -0.507 e. The van der Waals surface area contributed by atoms with E-state index in [1.54, 1.807) is 6.92 Å². The lowest BCUT2D eigenvalue weighted by molar-refractivity contribution is 0.238. The zero-order chi connectivity index (χ0) is 22.4. The summed E-state index contributed by atoms with van der Waals surface area (Å²) in [5.41, 5.74) is 2.60. The Balaban J connectivity index is 2.14. The Morgan fingerprint density at radius 1 is 1.23 bits per heavy atom. The third-order valence-corrected chi connectivity index (χ3v) is 5.53. The number of nitrogens with zero attached hydrogens (tertiary/aromatic N) is 3. The van der Waals surface area contributed by atoms with E-state index < -0.39 is 6.10 Å². The summed E-state index contributed by atoms with van der Waals surface area (Å²) < 4.78 is 4.59. The zero-order valence-electron chi connectivity index (χ0n) is 18.5. The van der Waals surface area contributed by atoms with Gasteiger partial charge in [0.2, 0.25) is 0 Å². The van der Waals surface area contributed by atoms with Crippen LogP contribution in [0.4, 0.5) is 0 Å². The van der Waals surface area contributed by atoms with Gasteiger partial charge < -0.3 is 14.8 Å². The summed E-state index contributed by atoms with van der Waals surface area (Å²) in [5, 5.41) is 28.8. The Bertz CT molecular complexity index is 1130. The standard InChI is InChI=1S/C24H32N4O2S/c1-4-6-8-14-27-15-13-18-20(27)11-9-12-21(18)28-23(25-26-24(28)31)19(10-7-5-2)22(30)16-17(3)29/h9-13,15-17,29-30H,4-8,14H2,1-3H3,(H,26,31)/b19-10+,22-16+/t17-/m0/s1. The lowest BCUT2D eigenvalue weighted by atomic mass is 10.1. The summed E-state index contributed by atoms with van der Waals surface area (Å²) in [6.07, 6.45) is 9.91. The number of rotatable bonds is 10. The first-order valence-electron chi connectivity index (χ1n) is 11.0. The second-order valence-corrected chi connectivity index (χ2v) is 8.20. The summed E-state index contributed by atoms with van der Waals surface area (Å²) in [6.45, 7) is 6.86. The third kappa shape index (κ3) is 5.17. The van der Waals surface area contributed by atoms with Crippen molar-refractivity contribution >= 4 is 28.7 Å². The van der Waals surface area contributed by atoms with Crippen molar-refractivity contribution in [3.63, 3.8) is 0 Å². The molecule has 3 N–H and O–H groups in total. The number of benzene rings is 1. The molecule has 0 aliphatic rings. The van der Waals surface area contributed by atoms with Crippen LogP contribution in [0.2, 0.25) is 0 Å². The molecule has 3 rings (SSSR count). The zero-order valence-corrected chi connectivity index (χ0v) is 19.3. The van der Waals surface area contributed by atoms with Crippen molar-refractivity contribution in [3.05, 3.63) is 59.0 Å². The number of hydrogen-bond acceptors (Lipinski definition) is 4. The van der Waals surface area contributed by atoms with Crippen LogP contribution >= 0.6 is 12.2 Å². The number of H-pyrrole nitrogens is 1. The van der Waals surface area contributed by atoms with Gasteiger partial charge in [-0.25, -0.2) is 0 Å². The van der Waals surface area contributed by atoms with Crippen LogP contribution < -0.4 is 0 Å². The number of nitrogens with one attached hydrogen (secondary N) is 1. The predicted molar refractivity (Wildman–Crippen MR) is 129 cm³/mol. The van der Waals surface area contributed by atoms with E-state index in [0.29, 0.717) is 16.2 Å². The lowest BCUT2D eigenvalue weighted by Gasteiger charge is -2.12. The first kappa shape index (κ1) is 23.0. The molecule has 6 nitrogen and oxygen atoms in total. The van der Waals surface area contributed by atoms with Gasteiger partial charge in [0.15, 0.2) is 10.6 Å². The van der Waals surface area contributed by atoms with Crippen LogP contribution in [-0.4, -0.2) is 35.6 Å². The van der Waals surface area contributed by atoms with Crippen molar-refractivity contribution in [2.45, 2.75) is 65.5 Å². The first-order valence-corrected chi connectivity index (χ1v) is 11.4. The van der Waals surface area contributed by atoms with Gasteiger partial charge >= 0.3 is 0 Å². The minimum absolute atomic E-state index is 0.0111. The minimum atomic E-state index is -0.777. The molecule has 3 aromatic rings. The van der Waals surface area contributed by atoms with Crippen LogP contribution in [0, 0.1) is 4.77 Å². The molecule has 0 bridgehead atoms. The fraction of sp³-hybridized carbons (Fsp3) is 0.417. The van der Waals surface area contributed by atoms with Gasteiger partial charge in [0.05, 0.1) is 22.9 Å². The van der Waals surface area contributed by atoms with E-state index in [0.717, 1.165) is 42.4 Å². The van der Waals surface area contributed by atoms with E-state index in [9.17, 15) is 10.2 Å². The van der Waals surface area contributed by atoms with Crippen molar-refractivity contribution in [1.82, 2.24) is 19.3 Å². The van der Waals surface area contributed by atoms with Crippen molar-refractivity contribution in [1.29, 1.82) is 0 Å². The van der Waals surface area contributed by atoms with Gasteiger partial charge in [0.25, 0.3) is 0 Å². The number of hydrogen-bond donors (Lipinski definition) is 3. The highest BCUT2D eigenvalue weighted by Crippen LogP contribution is 2.29. The van der Waals surface area contributed by atoms with Crippen molar-refractivity contribution in [3.8, 4) is 5.69 Å². The summed E-state index contributed by atoms with van der Waals surface area (Å²) in [5.74, 6) is 0.516. The summed E-state index contributed by atoms with van der Waals surface area (Å²) in [7, 11) is 0. The van der Waals surface area contributed by atoms with Crippen LogP contribution in [0.3, 0.4) is 0 Å². The molecule has 2 heterocycles. The molecule has 0 radical (unpaired) electrons. The Morgan fingerprint density at radius 2 is 2.03 bits per heavy atom. The molecular formula is C24H32N4O2S. The van der Waals surface area contributed by atoms with Crippen LogP contribution in [-0.2, 0) is 6.54 Å². The Kier molecular flexibility index (Phi) is 7.87. The number of aromatic amines is 1. The van der Waals surface area contributed by atoms with E-state index in [2.05, 4.69) is 46.9 Å². The van der Waals surface area contributed by atoms with E-state index in [4.69, 9.17) is 12.2 Å². The van der Waals surface area contributed by atoms with E-state index >= 15 is 0 Å². The van der Waals surface area contributed by atoms with Crippen LogP contribution in [0.25, 0.3) is 22.2 Å². The highest BCUT2D eigenvalue weighted by Gasteiger charge is 2.19. The maximum atomic E-state index is 10.7.